The lowest BCUT2D eigenvalue weighted by Crippen LogP contribution is -2.08. The Morgan fingerprint density at radius 1 is 1.56 bits per heavy atom. The molecule has 16 heavy (non-hydrogen) atoms. The van der Waals surface area contributed by atoms with Gasteiger partial charge in [0, 0.05) is 23.3 Å². The molecule has 0 fully saturated rings. The zero-order valence-electron chi connectivity index (χ0n) is 9.03. The molecule has 1 unspecified atom stereocenters. The van der Waals surface area contributed by atoms with E-state index in [1.165, 1.54) is 20.1 Å². The van der Waals surface area contributed by atoms with Crippen molar-refractivity contribution in [3.8, 4) is 5.75 Å². The summed E-state index contributed by atoms with van der Waals surface area (Å²) >= 11 is 5.85. The van der Waals surface area contributed by atoms with Crippen molar-refractivity contribution in [1.82, 2.24) is 0 Å². The van der Waals surface area contributed by atoms with Crippen molar-refractivity contribution in [2.24, 2.45) is 0 Å². The number of rotatable bonds is 4. The van der Waals surface area contributed by atoms with Crippen LogP contribution in [0, 0.1) is 0 Å². The van der Waals surface area contributed by atoms with Crippen LogP contribution in [0.4, 0.5) is 0 Å². The molecule has 1 rings (SSSR count). The predicted molar refractivity (Wildman–Crippen MR) is 59.9 cm³/mol. The highest BCUT2D eigenvalue weighted by atomic mass is 35.5. The first-order chi connectivity index (χ1) is 7.47. The summed E-state index contributed by atoms with van der Waals surface area (Å²) in [6.07, 6.45) is 0. The maximum absolute atomic E-state index is 10.8. The minimum Gasteiger partial charge on any atom is -0.507 e. The number of halogens is 1. The summed E-state index contributed by atoms with van der Waals surface area (Å²) in [5.74, 6) is -1.89. The molecule has 0 aliphatic heterocycles. The van der Waals surface area contributed by atoms with Crippen LogP contribution in [0.2, 0.25) is 5.02 Å². The number of hydrogen-bond donors (Lipinski definition) is 2. The molecule has 88 valence electrons. The average molecular weight is 245 g/mol. The molecule has 0 radical (unpaired) electrons. The zero-order chi connectivity index (χ0) is 12.3. The van der Waals surface area contributed by atoms with E-state index in [0.717, 1.165) is 0 Å². The van der Waals surface area contributed by atoms with Crippen molar-refractivity contribution in [1.29, 1.82) is 0 Å². The van der Waals surface area contributed by atoms with Crippen molar-refractivity contribution in [2.45, 2.75) is 19.4 Å². The standard InChI is InChI=1S/C11H13ClO4/c1-6(11(14)15)9-4-8(12)3-7(5-16-2)10(9)13/h3-4,6,13H,5H2,1-2H3,(H,14,15). The van der Waals surface area contributed by atoms with Crippen molar-refractivity contribution in [2.75, 3.05) is 7.11 Å². The second-order valence-corrected chi connectivity index (χ2v) is 3.93. The molecular formula is C11H13ClO4. The lowest BCUT2D eigenvalue weighted by molar-refractivity contribution is -0.138. The van der Waals surface area contributed by atoms with Gasteiger partial charge in [0.15, 0.2) is 0 Å². The van der Waals surface area contributed by atoms with Crippen LogP contribution < -0.4 is 0 Å². The molecule has 1 aromatic rings. The van der Waals surface area contributed by atoms with Gasteiger partial charge in [0.05, 0.1) is 12.5 Å². The van der Waals surface area contributed by atoms with E-state index in [1.54, 1.807) is 6.07 Å². The largest absolute Gasteiger partial charge is 0.507 e. The van der Waals surface area contributed by atoms with Crippen LogP contribution in [0.5, 0.6) is 5.75 Å². The van der Waals surface area contributed by atoms with E-state index in [0.29, 0.717) is 16.1 Å². The summed E-state index contributed by atoms with van der Waals surface area (Å²) in [5.41, 5.74) is 0.783. The van der Waals surface area contributed by atoms with Gasteiger partial charge in [-0.3, -0.25) is 4.79 Å². The second kappa shape index (κ2) is 5.18. The maximum atomic E-state index is 10.8. The maximum Gasteiger partial charge on any atom is 0.310 e. The summed E-state index contributed by atoms with van der Waals surface area (Å²) in [4.78, 5) is 10.8. The van der Waals surface area contributed by atoms with E-state index in [2.05, 4.69) is 0 Å². The number of hydrogen-bond acceptors (Lipinski definition) is 3. The van der Waals surface area contributed by atoms with Gasteiger partial charge in [0.25, 0.3) is 0 Å². The number of carboxylic acid groups (broad SMARTS) is 1. The fourth-order valence-corrected chi connectivity index (χ4v) is 1.66. The number of aromatic hydroxyl groups is 1. The van der Waals surface area contributed by atoms with Gasteiger partial charge in [0.1, 0.15) is 5.75 Å². The van der Waals surface area contributed by atoms with Gasteiger partial charge >= 0.3 is 5.97 Å². The SMILES string of the molecule is COCc1cc(Cl)cc(C(C)C(=O)O)c1O. The number of carbonyl (C=O) groups is 1. The lowest BCUT2D eigenvalue weighted by atomic mass is 9.98. The lowest BCUT2D eigenvalue weighted by Gasteiger charge is -2.13. The molecule has 1 aromatic carbocycles. The third-order valence-corrected chi connectivity index (χ3v) is 2.54. The number of phenols is 1. The number of carboxylic acids is 1. The Morgan fingerprint density at radius 2 is 2.19 bits per heavy atom. The Balaban J connectivity index is 3.23. The number of benzene rings is 1. The Labute approximate surface area is 98.4 Å². The molecule has 5 heteroatoms. The molecule has 0 amide bonds. The van der Waals surface area contributed by atoms with Gasteiger partial charge in [-0.05, 0) is 19.1 Å². The van der Waals surface area contributed by atoms with Gasteiger partial charge < -0.3 is 14.9 Å². The fraction of sp³-hybridized carbons (Fsp3) is 0.364. The number of phenolic OH excluding ortho intramolecular Hbond substituents is 1. The van der Waals surface area contributed by atoms with Gasteiger partial charge in [0.2, 0.25) is 0 Å². The topological polar surface area (TPSA) is 66.8 Å². The highest BCUT2D eigenvalue weighted by Crippen LogP contribution is 2.33. The monoisotopic (exact) mass is 244 g/mol. The molecule has 0 aliphatic rings. The molecule has 2 N–H and O–H groups in total. The smallest absolute Gasteiger partial charge is 0.310 e. The third kappa shape index (κ3) is 2.65. The van der Waals surface area contributed by atoms with Gasteiger partial charge in [-0.2, -0.15) is 0 Å². The number of aliphatic carboxylic acids is 1. The van der Waals surface area contributed by atoms with Gasteiger partial charge in [-0.25, -0.2) is 0 Å². The Morgan fingerprint density at radius 3 is 2.69 bits per heavy atom. The van der Waals surface area contributed by atoms with Crippen LogP contribution in [0.3, 0.4) is 0 Å². The van der Waals surface area contributed by atoms with E-state index in [-0.39, 0.29) is 12.4 Å². The summed E-state index contributed by atoms with van der Waals surface area (Å²) in [6, 6.07) is 3.01. The first kappa shape index (κ1) is 12.8. The molecular weight excluding hydrogens is 232 g/mol. The molecule has 1 atom stereocenters. The molecule has 0 spiro atoms. The van der Waals surface area contributed by atoms with Crippen LogP contribution in [0.25, 0.3) is 0 Å². The molecule has 0 saturated heterocycles. The predicted octanol–water partition coefficient (Wildman–Crippen LogP) is 2.38. The summed E-state index contributed by atoms with van der Waals surface area (Å²) in [7, 11) is 1.49. The minimum atomic E-state index is -1.01. The van der Waals surface area contributed by atoms with Gasteiger partial charge in [-0.15, -0.1) is 0 Å². The summed E-state index contributed by atoms with van der Waals surface area (Å²) < 4.78 is 4.89. The molecule has 0 aliphatic carbocycles. The van der Waals surface area contributed by atoms with E-state index >= 15 is 0 Å². The van der Waals surface area contributed by atoms with Crippen molar-refractivity contribution < 1.29 is 19.7 Å². The summed E-state index contributed by atoms with van der Waals surface area (Å²) in [6.45, 7) is 1.68. The highest BCUT2D eigenvalue weighted by Gasteiger charge is 2.20. The first-order valence-corrected chi connectivity index (χ1v) is 5.08. The zero-order valence-corrected chi connectivity index (χ0v) is 9.78. The fourth-order valence-electron chi connectivity index (χ4n) is 1.41. The average Bonchev–Trinajstić information content (AvgIpc) is 2.22. The van der Waals surface area contributed by atoms with Gasteiger partial charge in [-0.1, -0.05) is 11.6 Å². The van der Waals surface area contributed by atoms with Crippen molar-refractivity contribution in [3.63, 3.8) is 0 Å². The molecule has 0 bridgehead atoms. The summed E-state index contributed by atoms with van der Waals surface area (Å²) in [5, 5.41) is 19.1. The minimum absolute atomic E-state index is 0.0684. The Bertz CT molecular complexity index is 403. The molecule has 0 aromatic heterocycles. The van der Waals surface area contributed by atoms with Crippen LogP contribution in [0.15, 0.2) is 12.1 Å². The van der Waals surface area contributed by atoms with Crippen molar-refractivity contribution in [3.05, 3.63) is 28.3 Å². The quantitative estimate of drug-likeness (QED) is 0.853. The van der Waals surface area contributed by atoms with E-state index < -0.39 is 11.9 Å². The molecule has 4 nitrogen and oxygen atoms in total. The third-order valence-electron chi connectivity index (χ3n) is 2.32. The van der Waals surface area contributed by atoms with E-state index in [1.807, 2.05) is 0 Å². The number of methoxy groups -OCH3 is 1. The van der Waals surface area contributed by atoms with E-state index in [9.17, 15) is 9.90 Å². The van der Waals surface area contributed by atoms with Crippen LogP contribution in [-0.2, 0) is 16.1 Å². The van der Waals surface area contributed by atoms with Crippen LogP contribution in [0.1, 0.15) is 24.0 Å². The highest BCUT2D eigenvalue weighted by molar-refractivity contribution is 6.30. The van der Waals surface area contributed by atoms with Crippen molar-refractivity contribution >= 4 is 17.6 Å². The van der Waals surface area contributed by atoms with Crippen LogP contribution >= 0.6 is 11.6 Å². The Hall–Kier alpha value is -1.26. The molecule has 0 heterocycles. The Kier molecular flexibility index (Phi) is 4.15. The number of ether oxygens (including phenoxy) is 1. The van der Waals surface area contributed by atoms with E-state index in [4.69, 9.17) is 21.4 Å². The first-order valence-electron chi connectivity index (χ1n) is 4.70. The normalized spacial score (nSPS) is 12.4. The second-order valence-electron chi connectivity index (χ2n) is 3.50. The molecule has 0 saturated carbocycles. The van der Waals surface area contributed by atoms with Crippen LogP contribution in [-0.4, -0.2) is 23.3 Å².